The van der Waals surface area contributed by atoms with Crippen LogP contribution in [0.4, 0.5) is 0 Å². The maximum Gasteiger partial charge on any atom is 0.115 e. The summed E-state index contributed by atoms with van der Waals surface area (Å²) in [5.41, 5.74) is 4.02. The Morgan fingerprint density at radius 3 is 1.86 bits per heavy atom. The van der Waals surface area contributed by atoms with Crippen LogP contribution in [0.25, 0.3) is 0 Å². The zero-order chi connectivity index (χ0) is 16.5. The molecular weight excluding hydrogens is 268 g/mol. The van der Waals surface area contributed by atoms with Gasteiger partial charge in [-0.1, -0.05) is 69.7 Å². The van der Waals surface area contributed by atoms with E-state index >= 15 is 0 Å². The van der Waals surface area contributed by atoms with Crippen molar-refractivity contribution in [3.63, 3.8) is 0 Å². The van der Waals surface area contributed by atoms with Gasteiger partial charge < -0.3 is 5.11 Å². The van der Waals surface area contributed by atoms with Crippen molar-refractivity contribution in [1.82, 2.24) is 0 Å². The lowest BCUT2D eigenvalue weighted by molar-refractivity contribution is 0.473. The topological polar surface area (TPSA) is 20.2 Å². The quantitative estimate of drug-likeness (QED) is 0.691. The van der Waals surface area contributed by atoms with Crippen molar-refractivity contribution in [2.75, 3.05) is 0 Å². The Kier molecular flexibility index (Phi) is 7.73. The first-order valence-electron chi connectivity index (χ1n) is 8.33. The van der Waals surface area contributed by atoms with Gasteiger partial charge in [0.1, 0.15) is 5.75 Å². The van der Waals surface area contributed by atoms with Crippen LogP contribution in [0.1, 0.15) is 69.1 Å². The molecule has 2 aromatic carbocycles. The van der Waals surface area contributed by atoms with Gasteiger partial charge in [-0.25, -0.2) is 0 Å². The summed E-state index contributed by atoms with van der Waals surface area (Å²) in [6.45, 7) is 10.9. The van der Waals surface area contributed by atoms with Crippen LogP contribution in [0.2, 0.25) is 0 Å². The van der Waals surface area contributed by atoms with Crippen LogP contribution < -0.4 is 0 Å². The molecule has 22 heavy (non-hydrogen) atoms. The monoisotopic (exact) mass is 298 g/mol. The number of rotatable bonds is 4. The highest BCUT2D eigenvalue weighted by atomic mass is 16.3. The Hall–Kier alpha value is -1.76. The second kappa shape index (κ2) is 9.30. The van der Waals surface area contributed by atoms with E-state index in [9.17, 15) is 0 Å². The lowest BCUT2D eigenvalue weighted by Crippen LogP contribution is -1.89. The zero-order valence-electron chi connectivity index (χ0n) is 14.6. The number of aromatic hydroxyl groups is 1. The second-order valence-electron chi connectivity index (χ2n) is 6.12. The summed E-state index contributed by atoms with van der Waals surface area (Å²) in [5, 5.41) is 9.16. The molecule has 0 saturated carbocycles. The van der Waals surface area contributed by atoms with E-state index in [-0.39, 0.29) is 0 Å². The number of phenolic OH excluding ortho intramolecular Hbond substituents is 1. The first-order valence-corrected chi connectivity index (χ1v) is 8.33. The fourth-order valence-corrected chi connectivity index (χ4v) is 2.20. The number of aryl methyl sites for hydroxylation is 1. The largest absolute Gasteiger partial charge is 0.508 e. The Morgan fingerprint density at radius 2 is 1.36 bits per heavy atom. The van der Waals surface area contributed by atoms with E-state index in [1.54, 1.807) is 6.07 Å². The summed E-state index contributed by atoms with van der Waals surface area (Å²) in [5.74, 6) is 1.61. The van der Waals surface area contributed by atoms with E-state index < -0.39 is 0 Å². The first-order chi connectivity index (χ1) is 10.5. The van der Waals surface area contributed by atoms with Crippen molar-refractivity contribution in [3.8, 4) is 5.75 Å². The SMILES string of the molecule is CCC(C)c1ccc(C)cc1.CCC(C)c1cccc(O)c1. The van der Waals surface area contributed by atoms with Crippen LogP contribution in [0, 0.1) is 6.92 Å². The maximum absolute atomic E-state index is 9.16. The van der Waals surface area contributed by atoms with Crippen LogP contribution in [0.3, 0.4) is 0 Å². The molecule has 1 N–H and O–H groups in total. The van der Waals surface area contributed by atoms with Gasteiger partial charge in [-0.2, -0.15) is 0 Å². The molecule has 0 aliphatic heterocycles. The van der Waals surface area contributed by atoms with Gasteiger partial charge in [0.25, 0.3) is 0 Å². The van der Waals surface area contributed by atoms with Gasteiger partial charge in [0.2, 0.25) is 0 Å². The Morgan fingerprint density at radius 1 is 0.818 bits per heavy atom. The Balaban J connectivity index is 0.000000220. The molecule has 0 aromatic heterocycles. The summed E-state index contributed by atoms with van der Waals surface area (Å²) in [4.78, 5) is 0. The average molecular weight is 298 g/mol. The maximum atomic E-state index is 9.16. The van der Waals surface area contributed by atoms with Gasteiger partial charge >= 0.3 is 0 Å². The highest BCUT2D eigenvalue weighted by molar-refractivity contribution is 5.29. The molecule has 120 valence electrons. The molecule has 1 nitrogen and oxygen atoms in total. The van der Waals surface area contributed by atoms with E-state index in [1.807, 2.05) is 18.2 Å². The normalized spacial score (nSPS) is 13.0. The number of hydrogen-bond acceptors (Lipinski definition) is 1. The van der Waals surface area contributed by atoms with Crippen molar-refractivity contribution < 1.29 is 5.11 Å². The van der Waals surface area contributed by atoms with E-state index in [4.69, 9.17) is 5.11 Å². The lowest BCUT2D eigenvalue weighted by atomic mass is 9.98. The highest BCUT2D eigenvalue weighted by Crippen LogP contribution is 2.21. The van der Waals surface area contributed by atoms with E-state index in [0.29, 0.717) is 17.6 Å². The van der Waals surface area contributed by atoms with Crippen LogP contribution in [0.5, 0.6) is 5.75 Å². The average Bonchev–Trinajstić information content (AvgIpc) is 2.54. The summed E-state index contributed by atoms with van der Waals surface area (Å²) in [6.07, 6.45) is 2.34. The molecule has 1 heteroatoms. The number of hydrogen-bond donors (Lipinski definition) is 1. The van der Waals surface area contributed by atoms with Crippen LogP contribution in [-0.2, 0) is 0 Å². The van der Waals surface area contributed by atoms with E-state index in [1.165, 1.54) is 23.1 Å². The van der Waals surface area contributed by atoms with Crippen molar-refractivity contribution in [1.29, 1.82) is 0 Å². The van der Waals surface area contributed by atoms with Crippen molar-refractivity contribution in [2.45, 2.75) is 59.3 Å². The van der Waals surface area contributed by atoms with Gasteiger partial charge in [-0.3, -0.25) is 0 Å². The smallest absolute Gasteiger partial charge is 0.115 e. The third kappa shape index (κ3) is 5.93. The molecule has 0 spiro atoms. The summed E-state index contributed by atoms with van der Waals surface area (Å²) in [7, 11) is 0. The molecule has 0 bridgehead atoms. The standard InChI is InChI=1S/C11H16.C10H14O/c1-4-10(3)11-7-5-9(2)6-8-11;1-3-8(2)9-5-4-6-10(11)7-9/h5-8,10H,4H2,1-3H3;4-8,11H,3H2,1-2H3. The molecule has 2 unspecified atom stereocenters. The zero-order valence-corrected chi connectivity index (χ0v) is 14.6. The molecular formula is C21H30O. The molecule has 2 atom stereocenters. The Bertz CT molecular complexity index is 542. The Labute approximate surface area is 136 Å². The second-order valence-corrected chi connectivity index (χ2v) is 6.12. The minimum Gasteiger partial charge on any atom is -0.508 e. The lowest BCUT2D eigenvalue weighted by Gasteiger charge is -2.07. The van der Waals surface area contributed by atoms with Gasteiger partial charge in [-0.15, -0.1) is 0 Å². The van der Waals surface area contributed by atoms with Gasteiger partial charge in [0.05, 0.1) is 0 Å². The van der Waals surface area contributed by atoms with E-state index in [2.05, 4.69) is 58.9 Å². The highest BCUT2D eigenvalue weighted by Gasteiger charge is 2.02. The predicted octanol–water partition coefficient (Wildman–Crippen LogP) is 6.41. The van der Waals surface area contributed by atoms with Crippen molar-refractivity contribution in [2.24, 2.45) is 0 Å². The van der Waals surface area contributed by atoms with Crippen LogP contribution in [0.15, 0.2) is 48.5 Å². The fourth-order valence-electron chi connectivity index (χ4n) is 2.20. The third-order valence-electron chi connectivity index (χ3n) is 4.31. The van der Waals surface area contributed by atoms with Crippen molar-refractivity contribution in [3.05, 3.63) is 65.2 Å². The molecule has 0 radical (unpaired) electrons. The number of benzene rings is 2. The molecule has 0 aliphatic rings. The summed E-state index contributed by atoms with van der Waals surface area (Å²) in [6, 6.07) is 16.3. The molecule has 0 fully saturated rings. The molecule has 0 aliphatic carbocycles. The fraction of sp³-hybridized carbons (Fsp3) is 0.429. The minimum absolute atomic E-state index is 0.364. The van der Waals surface area contributed by atoms with Crippen molar-refractivity contribution >= 4 is 0 Å². The number of phenols is 1. The third-order valence-corrected chi connectivity index (χ3v) is 4.31. The molecule has 2 aromatic rings. The van der Waals surface area contributed by atoms with Crippen LogP contribution >= 0.6 is 0 Å². The predicted molar refractivity (Wildman–Crippen MR) is 96.7 cm³/mol. The summed E-state index contributed by atoms with van der Waals surface area (Å²) >= 11 is 0. The van der Waals surface area contributed by atoms with E-state index in [0.717, 1.165) is 6.42 Å². The first kappa shape index (κ1) is 18.3. The molecule has 0 saturated heterocycles. The van der Waals surface area contributed by atoms with Gasteiger partial charge in [0, 0.05) is 0 Å². The van der Waals surface area contributed by atoms with Gasteiger partial charge in [0.15, 0.2) is 0 Å². The summed E-state index contributed by atoms with van der Waals surface area (Å²) < 4.78 is 0. The van der Waals surface area contributed by atoms with Crippen LogP contribution in [-0.4, -0.2) is 5.11 Å². The molecule has 0 amide bonds. The minimum atomic E-state index is 0.364. The molecule has 0 heterocycles. The van der Waals surface area contributed by atoms with Gasteiger partial charge in [-0.05, 0) is 54.9 Å². The molecule has 2 rings (SSSR count).